The van der Waals surface area contributed by atoms with Gasteiger partial charge in [-0.3, -0.25) is 4.79 Å². The number of carboxylic acids is 1. The number of hydrogen-bond acceptors (Lipinski definition) is 4. The van der Waals surface area contributed by atoms with E-state index in [2.05, 4.69) is 0 Å². The molecule has 92 valence electrons. The average Bonchev–Trinajstić information content (AvgIpc) is 2.84. The second-order valence-corrected chi connectivity index (χ2v) is 5.55. The molecule has 7 heteroatoms. The van der Waals surface area contributed by atoms with Gasteiger partial charge in [0.2, 0.25) is 5.09 Å². The second-order valence-electron chi connectivity index (χ2n) is 3.73. The van der Waals surface area contributed by atoms with E-state index in [4.69, 9.17) is 9.52 Å². The first-order chi connectivity index (χ1) is 7.93. The van der Waals surface area contributed by atoms with Crippen LogP contribution in [0.25, 0.3) is 0 Å². The van der Waals surface area contributed by atoms with Crippen molar-refractivity contribution in [3.63, 3.8) is 0 Å². The van der Waals surface area contributed by atoms with E-state index in [-0.39, 0.29) is 11.6 Å². The van der Waals surface area contributed by atoms with Crippen LogP contribution in [0.4, 0.5) is 0 Å². The standard InChI is InChI=1S/C10H11NO5S/c1-7-5-9(16-6-7)17(14,15)11-4-2-3-8(11)10(12)13/h2-3,5-6,8H,4H2,1H3,(H,12,13). The Balaban J connectivity index is 2.37. The summed E-state index contributed by atoms with van der Waals surface area (Å²) in [5.74, 6) is -1.20. The van der Waals surface area contributed by atoms with Crippen molar-refractivity contribution in [1.29, 1.82) is 0 Å². The van der Waals surface area contributed by atoms with Gasteiger partial charge in [0.15, 0.2) is 0 Å². The van der Waals surface area contributed by atoms with Crippen molar-refractivity contribution in [2.75, 3.05) is 6.54 Å². The molecule has 17 heavy (non-hydrogen) atoms. The van der Waals surface area contributed by atoms with E-state index in [0.29, 0.717) is 5.56 Å². The van der Waals surface area contributed by atoms with Gasteiger partial charge >= 0.3 is 5.97 Å². The topological polar surface area (TPSA) is 87.8 Å². The van der Waals surface area contributed by atoms with Crippen LogP contribution in [-0.4, -0.2) is 36.4 Å². The zero-order valence-corrected chi connectivity index (χ0v) is 9.85. The molecule has 0 spiro atoms. The van der Waals surface area contributed by atoms with E-state index in [1.54, 1.807) is 6.92 Å². The Morgan fingerprint density at radius 3 is 2.82 bits per heavy atom. The quantitative estimate of drug-likeness (QED) is 0.801. The van der Waals surface area contributed by atoms with Crippen LogP contribution in [0, 0.1) is 6.92 Å². The lowest BCUT2D eigenvalue weighted by molar-refractivity contribution is -0.139. The van der Waals surface area contributed by atoms with Gasteiger partial charge in [0.05, 0.1) is 6.26 Å². The summed E-state index contributed by atoms with van der Waals surface area (Å²) in [5, 5.41) is 8.68. The van der Waals surface area contributed by atoms with Crippen LogP contribution >= 0.6 is 0 Å². The maximum Gasteiger partial charge on any atom is 0.326 e. The molecule has 1 atom stereocenters. The lowest BCUT2D eigenvalue weighted by atomic mass is 10.3. The summed E-state index contributed by atoms with van der Waals surface area (Å²) in [7, 11) is -3.89. The van der Waals surface area contributed by atoms with Crippen molar-refractivity contribution in [3.05, 3.63) is 30.0 Å². The molecule has 0 aliphatic carbocycles. The van der Waals surface area contributed by atoms with Gasteiger partial charge in [-0.2, -0.15) is 4.31 Å². The molecule has 1 N–H and O–H groups in total. The lowest BCUT2D eigenvalue weighted by Crippen LogP contribution is -2.40. The van der Waals surface area contributed by atoms with Crippen molar-refractivity contribution >= 4 is 16.0 Å². The Morgan fingerprint density at radius 2 is 2.29 bits per heavy atom. The van der Waals surface area contributed by atoms with Gasteiger partial charge < -0.3 is 9.52 Å². The molecule has 0 fully saturated rings. The molecule has 1 aromatic heterocycles. The number of aryl methyl sites for hydroxylation is 1. The summed E-state index contributed by atoms with van der Waals surface area (Å²) in [6.45, 7) is 1.73. The molecule has 6 nitrogen and oxygen atoms in total. The number of hydrogen-bond donors (Lipinski definition) is 1. The van der Waals surface area contributed by atoms with E-state index in [1.807, 2.05) is 0 Å². The molecule has 0 bridgehead atoms. The predicted molar refractivity (Wildman–Crippen MR) is 57.9 cm³/mol. The fourth-order valence-corrected chi connectivity index (χ4v) is 3.09. The highest BCUT2D eigenvalue weighted by Gasteiger charge is 2.38. The molecule has 0 amide bonds. The second kappa shape index (κ2) is 4.01. The zero-order chi connectivity index (χ0) is 12.6. The summed E-state index contributed by atoms with van der Waals surface area (Å²) < 4.78 is 30.0. The molecular formula is C10H11NO5S. The van der Waals surface area contributed by atoms with Crippen molar-refractivity contribution in [2.45, 2.75) is 18.1 Å². The van der Waals surface area contributed by atoms with Gasteiger partial charge in [-0.25, -0.2) is 8.42 Å². The molecule has 1 aromatic rings. The third-order valence-corrected chi connectivity index (χ3v) is 4.15. The van der Waals surface area contributed by atoms with Crippen LogP contribution < -0.4 is 0 Å². The van der Waals surface area contributed by atoms with Gasteiger partial charge in [-0.15, -0.1) is 0 Å². The highest BCUT2D eigenvalue weighted by molar-refractivity contribution is 7.89. The predicted octanol–water partition coefficient (Wildman–Crippen LogP) is 0.602. The van der Waals surface area contributed by atoms with E-state index in [0.717, 1.165) is 4.31 Å². The lowest BCUT2D eigenvalue weighted by Gasteiger charge is -2.19. The molecular weight excluding hydrogens is 246 g/mol. The first-order valence-electron chi connectivity index (χ1n) is 4.89. The van der Waals surface area contributed by atoms with Gasteiger partial charge in [0.1, 0.15) is 6.04 Å². The minimum absolute atomic E-state index is 0.0407. The largest absolute Gasteiger partial charge is 0.480 e. The third-order valence-electron chi connectivity index (χ3n) is 2.44. The summed E-state index contributed by atoms with van der Waals surface area (Å²) in [6.07, 6.45) is 4.16. The zero-order valence-electron chi connectivity index (χ0n) is 9.03. The molecule has 1 aliphatic rings. The Morgan fingerprint density at radius 1 is 1.59 bits per heavy atom. The molecule has 1 aliphatic heterocycles. The molecule has 0 radical (unpaired) electrons. The van der Waals surface area contributed by atoms with Gasteiger partial charge in [-0.1, -0.05) is 12.2 Å². The maximum atomic E-state index is 12.1. The SMILES string of the molecule is Cc1coc(S(=O)(=O)N2CC=CC2C(=O)O)c1. The molecule has 0 saturated carbocycles. The minimum Gasteiger partial charge on any atom is -0.480 e. The van der Waals surface area contributed by atoms with Crippen molar-refractivity contribution in [3.8, 4) is 0 Å². The maximum absolute atomic E-state index is 12.1. The summed E-state index contributed by atoms with van der Waals surface area (Å²) in [6, 6.07) is 0.206. The van der Waals surface area contributed by atoms with Crippen molar-refractivity contribution in [1.82, 2.24) is 4.31 Å². The van der Waals surface area contributed by atoms with Crippen LogP contribution in [0.3, 0.4) is 0 Å². The van der Waals surface area contributed by atoms with E-state index < -0.39 is 22.0 Å². The monoisotopic (exact) mass is 257 g/mol. The van der Waals surface area contributed by atoms with Crippen molar-refractivity contribution < 1.29 is 22.7 Å². The third kappa shape index (κ3) is 1.98. The van der Waals surface area contributed by atoms with Crippen LogP contribution in [0.2, 0.25) is 0 Å². The first-order valence-corrected chi connectivity index (χ1v) is 6.33. The van der Waals surface area contributed by atoms with E-state index >= 15 is 0 Å². The van der Waals surface area contributed by atoms with E-state index in [9.17, 15) is 13.2 Å². The Bertz CT molecular complexity index is 571. The van der Waals surface area contributed by atoms with Crippen LogP contribution in [0.5, 0.6) is 0 Å². The smallest absolute Gasteiger partial charge is 0.326 e. The molecule has 0 saturated heterocycles. The first kappa shape index (κ1) is 11.9. The summed E-state index contributed by atoms with van der Waals surface area (Å²) >= 11 is 0. The number of furan rings is 1. The highest BCUT2D eigenvalue weighted by Crippen LogP contribution is 2.23. The molecule has 0 aromatic carbocycles. The average molecular weight is 257 g/mol. The Labute approximate surface area is 98.2 Å². The van der Waals surface area contributed by atoms with Gasteiger partial charge in [0, 0.05) is 12.6 Å². The molecule has 2 heterocycles. The highest BCUT2D eigenvalue weighted by atomic mass is 32.2. The normalized spacial score (nSPS) is 20.9. The Kier molecular flexibility index (Phi) is 2.80. The van der Waals surface area contributed by atoms with E-state index in [1.165, 1.54) is 24.5 Å². The van der Waals surface area contributed by atoms with Crippen LogP contribution in [0.15, 0.2) is 34.0 Å². The van der Waals surface area contributed by atoms with Gasteiger partial charge in [0.25, 0.3) is 10.0 Å². The Hall–Kier alpha value is -1.60. The number of aliphatic carboxylic acids is 1. The fraction of sp³-hybridized carbons (Fsp3) is 0.300. The number of rotatable bonds is 3. The molecule has 2 rings (SSSR count). The van der Waals surface area contributed by atoms with Crippen molar-refractivity contribution in [2.24, 2.45) is 0 Å². The number of carboxylic acid groups (broad SMARTS) is 1. The summed E-state index contributed by atoms with van der Waals surface area (Å²) in [5.41, 5.74) is 0.669. The number of sulfonamides is 1. The fourth-order valence-electron chi connectivity index (χ4n) is 1.61. The van der Waals surface area contributed by atoms with Gasteiger partial charge in [-0.05, 0) is 12.5 Å². The minimum atomic E-state index is -3.89. The van der Waals surface area contributed by atoms with Crippen LogP contribution in [-0.2, 0) is 14.8 Å². The number of carbonyl (C=O) groups is 1. The van der Waals surface area contributed by atoms with Crippen LogP contribution in [0.1, 0.15) is 5.56 Å². The molecule has 1 unspecified atom stereocenters. The number of nitrogens with zero attached hydrogens (tertiary/aromatic N) is 1. The summed E-state index contributed by atoms with van der Waals surface area (Å²) in [4.78, 5) is 10.9.